The lowest BCUT2D eigenvalue weighted by Gasteiger charge is -2.00. The summed E-state index contributed by atoms with van der Waals surface area (Å²) < 4.78 is 25.1. The summed E-state index contributed by atoms with van der Waals surface area (Å²) in [6.07, 6.45) is -0.944. The lowest BCUT2D eigenvalue weighted by molar-refractivity contribution is 0.121. The number of rotatable bonds is 3. The maximum Gasteiger partial charge on any atom is 0.257 e. The molecule has 0 bridgehead atoms. The summed E-state index contributed by atoms with van der Waals surface area (Å²) in [4.78, 5) is 0. The van der Waals surface area contributed by atoms with Crippen molar-refractivity contribution in [1.29, 1.82) is 0 Å². The van der Waals surface area contributed by atoms with Gasteiger partial charge in [-0.25, -0.2) is 8.78 Å². The van der Waals surface area contributed by atoms with Crippen LogP contribution in [-0.2, 0) is 6.54 Å². The van der Waals surface area contributed by atoms with Gasteiger partial charge in [0.2, 0.25) is 0 Å². The average Bonchev–Trinajstić information content (AvgIpc) is 2.29. The summed E-state index contributed by atoms with van der Waals surface area (Å²) in [5.74, 6) is 0.166. The van der Waals surface area contributed by atoms with Crippen LogP contribution in [0.5, 0.6) is 0 Å². The molecule has 5 heteroatoms. The van der Waals surface area contributed by atoms with E-state index in [-0.39, 0.29) is 5.92 Å². The molecule has 0 spiro atoms. The van der Waals surface area contributed by atoms with Crippen molar-refractivity contribution in [2.75, 3.05) is 5.73 Å². The number of hydrogen-bond acceptors (Lipinski definition) is 2. The second-order valence-electron chi connectivity index (χ2n) is 3.24. The van der Waals surface area contributed by atoms with Gasteiger partial charge in [0, 0.05) is 6.20 Å². The lowest BCUT2D eigenvalue weighted by Crippen LogP contribution is -2.07. The van der Waals surface area contributed by atoms with Gasteiger partial charge in [0.1, 0.15) is 6.54 Å². The zero-order valence-electron chi connectivity index (χ0n) is 7.67. The summed E-state index contributed by atoms with van der Waals surface area (Å²) in [5.41, 5.74) is 6.75. The Hall–Kier alpha value is -1.13. The third kappa shape index (κ3) is 2.40. The first kappa shape index (κ1) is 9.95. The van der Waals surface area contributed by atoms with E-state index in [0.717, 1.165) is 0 Å². The van der Waals surface area contributed by atoms with Gasteiger partial charge in [-0.2, -0.15) is 5.10 Å². The third-order valence-corrected chi connectivity index (χ3v) is 1.69. The first-order valence-electron chi connectivity index (χ1n) is 4.11. The number of anilines is 1. The molecule has 0 atom stereocenters. The van der Waals surface area contributed by atoms with Crippen molar-refractivity contribution in [1.82, 2.24) is 9.78 Å². The van der Waals surface area contributed by atoms with Crippen LogP contribution in [-0.4, -0.2) is 16.2 Å². The van der Waals surface area contributed by atoms with E-state index in [1.165, 1.54) is 10.9 Å². The van der Waals surface area contributed by atoms with Gasteiger partial charge in [-0.15, -0.1) is 0 Å². The highest BCUT2D eigenvalue weighted by molar-refractivity contribution is 5.42. The van der Waals surface area contributed by atoms with E-state index >= 15 is 0 Å². The van der Waals surface area contributed by atoms with Crippen molar-refractivity contribution in [2.24, 2.45) is 0 Å². The van der Waals surface area contributed by atoms with Gasteiger partial charge >= 0.3 is 0 Å². The van der Waals surface area contributed by atoms with Crippen molar-refractivity contribution in [3.63, 3.8) is 0 Å². The molecule has 0 aliphatic heterocycles. The fourth-order valence-corrected chi connectivity index (χ4v) is 1.14. The van der Waals surface area contributed by atoms with Crippen LogP contribution in [0, 0.1) is 0 Å². The van der Waals surface area contributed by atoms with Crippen molar-refractivity contribution < 1.29 is 8.78 Å². The molecule has 3 nitrogen and oxygen atoms in total. The zero-order valence-corrected chi connectivity index (χ0v) is 7.67. The molecule has 0 aliphatic rings. The van der Waals surface area contributed by atoms with Crippen LogP contribution < -0.4 is 5.73 Å². The van der Waals surface area contributed by atoms with E-state index in [9.17, 15) is 8.78 Å². The first-order chi connectivity index (χ1) is 6.00. The molecular weight excluding hydrogens is 176 g/mol. The lowest BCUT2D eigenvalue weighted by atomic mass is 10.1. The Morgan fingerprint density at radius 3 is 2.54 bits per heavy atom. The number of halogens is 2. The molecule has 0 aliphatic carbocycles. The Balaban J connectivity index is 2.82. The highest BCUT2D eigenvalue weighted by Gasteiger charge is 2.11. The Bertz CT molecular complexity index is 281. The first-order valence-corrected chi connectivity index (χ1v) is 4.11. The molecule has 13 heavy (non-hydrogen) atoms. The predicted octanol–water partition coefficient (Wildman–Crippen LogP) is 1.85. The highest BCUT2D eigenvalue weighted by Crippen LogP contribution is 2.19. The summed E-state index contributed by atoms with van der Waals surface area (Å²) in [6.45, 7) is 3.45. The number of hydrogen-bond donors (Lipinski definition) is 1. The van der Waals surface area contributed by atoms with Crippen LogP contribution in [0.4, 0.5) is 14.5 Å². The van der Waals surface area contributed by atoms with Crippen LogP contribution in [0.1, 0.15) is 25.5 Å². The largest absolute Gasteiger partial charge is 0.396 e. The highest BCUT2D eigenvalue weighted by atomic mass is 19.3. The minimum atomic E-state index is -2.39. The van der Waals surface area contributed by atoms with Gasteiger partial charge in [0.15, 0.2) is 0 Å². The van der Waals surface area contributed by atoms with E-state index in [0.29, 0.717) is 11.4 Å². The molecule has 0 aromatic carbocycles. The molecule has 1 heterocycles. The van der Waals surface area contributed by atoms with Gasteiger partial charge in [0.25, 0.3) is 6.43 Å². The van der Waals surface area contributed by atoms with Gasteiger partial charge in [-0.05, 0) is 5.92 Å². The smallest absolute Gasteiger partial charge is 0.257 e. The quantitative estimate of drug-likeness (QED) is 0.788. The van der Waals surface area contributed by atoms with Crippen LogP contribution >= 0.6 is 0 Å². The molecule has 0 saturated carbocycles. The number of nitrogen functional groups attached to an aromatic ring is 1. The van der Waals surface area contributed by atoms with Crippen LogP contribution in [0.3, 0.4) is 0 Å². The third-order valence-electron chi connectivity index (χ3n) is 1.69. The normalized spacial score (nSPS) is 11.5. The molecule has 1 aromatic rings. The molecule has 1 aromatic heterocycles. The van der Waals surface area contributed by atoms with Gasteiger partial charge in [-0.3, -0.25) is 4.68 Å². The second kappa shape index (κ2) is 3.72. The summed E-state index contributed by atoms with van der Waals surface area (Å²) >= 11 is 0. The number of aromatic nitrogens is 2. The molecule has 0 amide bonds. The maximum atomic E-state index is 12.0. The topological polar surface area (TPSA) is 43.8 Å². The summed E-state index contributed by atoms with van der Waals surface area (Å²) in [6, 6.07) is 0. The van der Waals surface area contributed by atoms with E-state index in [1.807, 2.05) is 13.8 Å². The number of nitrogens with zero attached hydrogens (tertiary/aromatic N) is 2. The molecule has 0 radical (unpaired) electrons. The number of nitrogens with two attached hydrogens (primary N) is 1. The minimum Gasteiger partial charge on any atom is -0.396 e. The van der Waals surface area contributed by atoms with Gasteiger partial charge in [-0.1, -0.05) is 13.8 Å². The van der Waals surface area contributed by atoms with E-state index in [4.69, 9.17) is 5.73 Å². The van der Waals surface area contributed by atoms with Gasteiger partial charge < -0.3 is 5.73 Å². The Labute approximate surface area is 75.5 Å². The number of alkyl halides is 2. The van der Waals surface area contributed by atoms with E-state index < -0.39 is 13.0 Å². The second-order valence-corrected chi connectivity index (χ2v) is 3.24. The molecule has 0 fully saturated rings. The Morgan fingerprint density at radius 2 is 2.15 bits per heavy atom. The molecule has 0 unspecified atom stereocenters. The maximum absolute atomic E-state index is 12.0. The fourth-order valence-electron chi connectivity index (χ4n) is 1.14. The fraction of sp³-hybridized carbons (Fsp3) is 0.625. The molecule has 74 valence electrons. The molecule has 1 rings (SSSR count). The van der Waals surface area contributed by atoms with Crippen molar-refractivity contribution in [2.45, 2.75) is 32.7 Å². The molecule has 0 saturated heterocycles. The van der Waals surface area contributed by atoms with Crippen LogP contribution in [0.15, 0.2) is 6.20 Å². The van der Waals surface area contributed by atoms with E-state index in [2.05, 4.69) is 5.10 Å². The molecule has 2 N–H and O–H groups in total. The summed E-state index contributed by atoms with van der Waals surface area (Å²) in [7, 11) is 0. The Morgan fingerprint density at radius 1 is 1.54 bits per heavy atom. The average molecular weight is 189 g/mol. The van der Waals surface area contributed by atoms with E-state index in [1.54, 1.807) is 0 Å². The van der Waals surface area contributed by atoms with Crippen molar-refractivity contribution in [3.05, 3.63) is 11.9 Å². The predicted molar refractivity (Wildman–Crippen MR) is 46.7 cm³/mol. The molecular formula is C8H13F2N3. The van der Waals surface area contributed by atoms with Crippen molar-refractivity contribution in [3.8, 4) is 0 Å². The zero-order chi connectivity index (χ0) is 10.0. The standard InChI is InChI=1S/C8H13F2N3/c1-5(2)8-6(11)3-13(12-8)4-7(9)10/h3,5,7H,4,11H2,1-2H3. The van der Waals surface area contributed by atoms with Crippen LogP contribution in [0.25, 0.3) is 0 Å². The monoisotopic (exact) mass is 189 g/mol. The Kier molecular flexibility index (Phi) is 2.85. The summed E-state index contributed by atoms with van der Waals surface area (Å²) in [5, 5.41) is 3.96. The van der Waals surface area contributed by atoms with Gasteiger partial charge in [0.05, 0.1) is 11.4 Å². The minimum absolute atomic E-state index is 0.166. The SMILES string of the molecule is CC(C)c1nn(CC(F)F)cc1N. The van der Waals surface area contributed by atoms with Crippen LogP contribution in [0.2, 0.25) is 0 Å². The van der Waals surface area contributed by atoms with Crippen molar-refractivity contribution >= 4 is 5.69 Å².